The quantitative estimate of drug-likeness (QED) is 0.416. The van der Waals surface area contributed by atoms with Crippen LogP contribution in [0, 0.1) is 0 Å². The number of ether oxygens (including phenoxy) is 2. The first-order chi connectivity index (χ1) is 14.5. The van der Waals surface area contributed by atoms with Crippen LogP contribution < -0.4 is 14.8 Å². The molecule has 7 nitrogen and oxygen atoms in total. The number of rotatable bonds is 5. The Morgan fingerprint density at radius 1 is 1.03 bits per heavy atom. The summed E-state index contributed by atoms with van der Waals surface area (Å²) in [5.41, 5.74) is 2.90. The fourth-order valence-corrected chi connectivity index (χ4v) is 3.33. The van der Waals surface area contributed by atoms with Crippen LogP contribution in [0.25, 0.3) is 22.6 Å². The Balaban J connectivity index is 1.59. The van der Waals surface area contributed by atoms with Crippen molar-refractivity contribution >= 4 is 38.6 Å². The van der Waals surface area contributed by atoms with Gasteiger partial charge >= 0.3 is 0 Å². The molecule has 0 radical (unpaired) electrons. The van der Waals surface area contributed by atoms with Crippen molar-refractivity contribution in [3.8, 4) is 28.7 Å². The van der Waals surface area contributed by atoms with Crippen molar-refractivity contribution in [2.24, 2.45) is 0 Å². The maximum Gasteiger partial charge on any atom is 0.255 e. The van der Waals surface area contributed by atoms with E-state index in [-0.39, 0.29) is 11.7 Å². The molecule has 0 bridgehead atoms. The summed E-state index contributed by atoms with van der Waals surface area (Å²) in [6.45, 7) is 0. The summed E-state index contributed by atoms with van der Waals surface area (Å²) in [5, 5.41) is 12.5. The molecule has 0 aliphatic heterocycles. The molecule has 1 heterocycles. The lowest BCUT2D eigenvalue weighted by atomic mass is 10.1. The van der Waals surface area contributed by atoms with Crippen LogP contribution in [0.4, 0.5) is 5.69 Å². The molecule has 2 N–H and O–H groups in total. The first kappa shape index (κ1) is 19.8. The summed E-state index contributed by atoms with van der Waals surface area (Å²) in [6, 6.07) is 15.2. The number of methoxy groups -OCH3 is 2. The molecular formula is C22H17BrN2O5. The minimum Gasteiger partial charge on any atom is -0.507 e. The number of hydrogen-bond donors (Lipinski definition) is 2. The van der Waals surface area contributed by atoms with Gasteiger partial charge in [-0.05, 0) is 70.5 Å². The van der Waals surface area contributed by atoms with Gasteiger partial charge in [-0.3, -0.25) is 4.79 Å². The van der Waals surface area contributed by atoms with E-state index < -0.39 is 0 Å². The number of nitrogens with zero attached hydrogens (tertiary/aromatic N) is 1. The molecule has 30 heavy (non-hydrogen) atoms. The second-order valence-electron chi connectivity index (χ2n) is 6.39. The van der Waals surface area contributed by atoms with E-state index in [1.807, 2.05) is 0 Å². The highest BCUT2D eigenvalue weighted by molar-refractivity contribution is 9.10. The highest BCUT2D eigenvalue weighted by Crippen LogP contribution is 2.32. The molecule has 3 aromatic carbocycles. The Bertz CT molecular complexity index is 1250. The highest BCUT2D eigenvalue weighted by atomic mass is 79.9. The van der Waals surface area contributed by atoms with E-state index in [0.29, 0.717) is 49.8 Å². The molecule has 0 saturated heterocycles. The Kier molecular flexibility index (Phi) is 5.33. The number of aromatic nitrogens is 1. The van der Waals surface area contributed by atoms with Gasteiger partial charge in [-0.1, -0.05) is 0 Å². The van der Waals surface area contributed by atoms with Gasteiger partial charge in [-0.25, -0.2) is 4.98 Å². The third-order valence-electron chi connectivity index (χ3n) is 4.49. The van der Waals surface area contributed by atoms with Gasteiger partial charge < -0.3 is 24.3 Å². The van der Waals surface area contributed by atoms with Crippen molar-refractivity contribution < 1.29 is 23.8 Å². The van der Waals surface area contributed by atoms with Crippen molar-refractivity contribution in [3.63, 3.8) is 0 Å². The van der Waals surface area contributed by atoms with Crippen LogP contribution in [0.15, 0.2) is 63.5 Å². The SMILES string of the molecule is COc1ccc(C(=O)Nc2ccc3oc(-c4ccc(O)c(Br)c4)nc3c2)cc1OC. The average Bonchev–Trinajstić information content (AvgIpc) is 3.18. The van der Waals surface area contributed by atoms with Gasteiger partial charge in [0.05, 0.1) is 18.7 Å². The smallest absolute Gasteiger partial charge is 0.255 e. The molecule has 0 aliphatic carbocycles. The summed E-state index contributed by atoms with van der Waals surface area (Å²) in [4.78, 5) is 17.1. The first-order valence-corrected chi connectivity index (χ1v) is 9.70. The van der Waals surface area contributed by atoms with Crippen LogP contribution >= 0.6 is 15.9 Å². The number of hydrogen-bond acceptors (Lipinski definition) is 6. The van der Waals surface area contributed by atoms with Crippen LogP contribution in [-0.4, -0.2) is 30.2 Å². The molecule has 0 saturated carbocycles. The summed E-state index contributed by atoms with van der Waals surface area (Å²) < 4.78 is 16.8. The van der Waals surface area contributed by atoms with Crippen molar-refractivity contribution in [2.45, 2.75) is 0 Å². The van der Waals surface area contributed by atoms with Gasteiger partial charge in [-0.15, -0.1) is 0 Å². The molecule has 0 unspecified atom stereocenters. The number of amides is 1. The maximum atomic E-state index is 12.6. The second-order valence-corrected chi connectivity index (χ2v) is 7.25. The average molecular weight is 469 g/mol. The molecule has 152 valence electrons. The Labute approximate surface area is 180 Å². The molecule has 1 aromatic heterocycles. The summed E-state index contributed by atoms with van der Waals surface area (Å²) >= 11 is 3.28. The topological polar surface area (TPSA) is 93.8 Å². The molecule has 4 aromatic rings. The minimum atomic E-state index is -0.290. The summed E-state index contributed by atoms with van der Waals surface area (Å²) in [5.74, 6) is 1.28. The number of carbonyl (C=O) groups is 1. The van der Waals surface area contributed by atoms with Gasteiger partial charge in [0, 0.05) is 16.8 Å². The van der Waals surface area contributed by atoms with Crippen LogP contribution in [0.2, 0.25) is 0 Å². The predicted molar refractivity (Wildman–Crippen MR) is 116 cm³/mol. The highest BCUT2D eigenvalue weighted by Gasteiger charge is 2.14. The third-order valence-corrected chi connectivity index (χ3v) is 5.12. The van der Waals surface area contributed by atoms with E-state index in [1.165, 1.54) is 14.2 Å². The largest absolute Gasteiger partial charge is 0.507 e. The number of anilines is 1. The van der Waals surface area contributed by atoms with E-state index in [4.69, 9.17) is 13.9 Å². The normalized spacial score (nSPS) is 10.8. The number of halogens is 1. The molecule has 0 atom stereocenters. The monoisotopic (exact) mass is 468 g/mol. The summed E-state index contributed by atoms with van der Waals surface area (Å²) in [6.07, 6.45) is 0. The minimum absolute atomic E-state index is 0.134. The number of oxazole rings is 1. The van der Waals surface area contributed by atoms with Crippen LogP contribution in [-0.2, 0) is 0 Å². The van der Waals surface area contributed by atoms with Gasteiger partial charge in [0.2, 0.25) is 5.89 Å². The van der Waals surface area contributed by atoms with E-state index >= 15 is 0 Å². The predicted octanol–water partition coefficient (Wildman–Crippen LogP) is 5.23. The lowest BCUT2D eigenvalue weighted by Gasteiger charge is -2.10. The van der Waals surface area contributed by atoms with Crippen LogP contribution in [0.1, 0.15) is 10.4 Å². The zero-order chi connectivity index (χ0) is 21.3. The van der Waals surface area contributed by atoms with Crippen molar-refractivity contribution in [1.82, 2.24) is 4.98 Å². The van der Waals surface area contributed by atoms with E-state index in [2.05, 4.69) is 26.2 Å². The van der Waals surface area contributed by atoms with E-state index in [0.717, 1.165) is 0 Å². The zero-order valence-electron chi connectivity index (χ0n) is 16.1. The van der Waals surface area contributed by atoms with Crippen LogP contribution in [0.5, 0.6) is 17.2 Å². The van der Waals surface area contributed by atoms with Gasteiger partial charge in [0.25, 0.3) is 5.91 Å². The molecule has 1 amide bonds. The standard InChI is InChI=1S/C22H17BrN2O5/c1-28-19-7-4-12(10-20(19)29-2)21(27)24-14-5-8-18-16(11-14)25-22(30-18)13-3-6-17(26)15(23)9-13/h3-11,26H,1-2H3,(H,24,27). The zero-order valence-corrected chi connectivity index (χ0v) is 17.7. The molecule has 4 rings (SSSR count). The number of aromatic hydroxyl groups is 1. The number of phenolic OH excluding ortho intramolecular Hbond substituents is 1. The Morgan fingerprint density at radius 3 is 2.57 bits per heavy atom. The second kappa shape index (κ2) is 8.08. The van der Waals surface area contributed by atoms with Crippen LogP contribution in [0.3, 0.4) is 0 Å². The molecule has 0 fully saturated rings. The van der Waals surface area contributed by atoms with Gasteiger partial charge in [0.1, 0.15) is 11.3 Å². The molecule has 0 spiro atoms. The van der Waals surface area contributed by atoms with E-state index in [1.54, 1.807) is 54.6 Å². The first-order valence-electron chi connectivity index (χ1n) is 8.91. The fourth-order valence-electron chi connectivity index (χ4n) is 2.95. The van der Waals surface area contributed by atoms with Crippen molar-refractivity contribution in [2.75, 3.05) is 19.5 Å². The molecule has 8 heteroatoms. The number of fused-ring (bicyclic) bond motifs is 1. The Morgan fingerprint density at radius 2 is 1.83 bits per heavy atom. The van der Waals surface area contributed by atoms with Gasteiger partial charge in [-0.2, -0.15) is 0 Å². The number of nitrogens with one attached hydrogen (secondary N) is 1. The Hall–Kier alpha value is -3.52. The molecule has 0 aliphatic rings. The number of benzene rings is 3. The lowest BCUT2D eigenvalue weighted by molar-refractivity contribution is 0.102. The molecular weight excluding hydrogens is 452 g/mol. The van der Waals surface area contributed by atoms with Gasteiger partial charge in [0.15, 0.2) is 17.1 Å². The third kappa shape index (κ3) is 3.81. The maximum absolute atomic E-state index is 12.6. The number of phenols is 1. The lowest BCUT2D eigenvalue weighted by Crippen LogP contribution is -2.12. The summed E-state index contributed by atoms with van der Waals surface area (Å²) in [7, 11) is 3.05. The van der Waals surface area contributed by atoms with Crippen molar-refractivity contribution in [1.29, 1.82) is 0 Å². The van der Waals surface area contributed by atoms with E-state index in [9.17, 15) is 9.90 Å². The van der Waals surface area contributed by atoms with Crippen molar-refractivity contribution in [3.05, 3.63) is 64.6 Å². The fraction of sp³-hybridized carbons (Fsp3) is 0.0909. The number of carbonyl (C=O) groups excluding carboxylic acids is 1.